The van der Waals surface area contributed by atoms with Crippen LogP contribution in [0.4, 0.5) is 0 Å². The molecular formula is C17H17ClN2O. The summed E-state index contributed by atoms with van der Waals surface area (Å²) in [5, 5.41) is 4.83. The second kappa shape index (κ2) is 7.60. The van der Waals surface area contributed by atoms with Gasteiger partial charge in [0.15, 0.2) is 0 Å². The van der Waals surface area contributed by atoms with Crippen LogP contribution in [0.1, 0.15) is 29.3 Å². The van der Waals surface area contributed by atoms with Crippen molar-refractivity contribution in [1.29, 1.82) is 0 Å². The smallest absolute Gasteiger partial charge is 0.267 e. The van der Waals surface area contributed by atoms with Crippen molar-refractivity contribution in [3.05, 3.63) is 70.7 Å². The largest absolute Gasteiger partial charge is 0.271 e. The molecule has 0 bridgehead atoms. The fraction of sp³-hybridized carbons (Fsp3) is 0.176. The Hall–Kier alpha value is -2.13. The summed E-state index contributed by atoms with van der Waals surface area (Å²) in [5.74, 6) is -0.231. The summed E-state index contributed by atoms with van der Waals surface area (Å²) in [5.41, 5.74) is 5.25. The zero-order valence-corrected chi connectivity index (χ0v) is 12.6. The molecule has 0 aliphatic rings. The number of carbonyl (C=O) groups excluding carboxylic acids is 1. The summed E-state index contributed by atoms with van der Waals surface area (Å²) in [6.07, 6.45) is 1.52. The fourth-order valence-corrected chi connectivity index (χ4v) is 2.00. The predicted molar refractivity (Wildman–Crippen MR) is 86.8 cm³/mol. The average molecular weight is 301 g/mol. The van der Waals surface area contributed by atoms with Gasteiger partial charge in [-0.05, 0) is 36.2 Å². The molecule has 4 heteroatoms. The Morgan fingerprint density at radius 3 is 2.38 bits per heavy atom. The molecule has 21 heavy (non-hydrogen) atoms. The number of benzene rings is 2. The Kier molecular flexibility index (Phi) is 5.52. The summed E-state index contributed by atoms with van der Waals surface area (Å²) in [6.45, 7) is 2.02. The van der Waals surface area contributed by atoms with Crippen LogP contribution in [0.25, 0.3) is 0 Å². The Balaban J connectivity index is 2.00. The van der Waals surface area contributed by atoms with Crippen molar-refractivity contribution in [3.63, 3.8) is 0 Å². The Morgan fingerprint density at radius 1 is 1.10 bits per heavy atom. The summed E-state index contributed by atoms with van der Waals surface area (Å²) in [7, 11) is 0. The lowest BCUT2D eigenvalue weighted by molar-refractivity contribution is 0.0954. The third-order valence-corrected chi connectivity index (χ3v) is 3.33. The number of nitrogens with one attached hydrogen (secondary N) is 1. The molecule has 1 N–H and O–H groups in total. The van der Waals surface area contributed by atoms with Gasteiger partial charge in [0.25, 0.3) is 5.91 Å². The first-order valence-electron chi connectivity index (χ1n) is 6.84. The molecule has 0 atom stereocenters. The quantitative estimate of drug-likeness (QED) is 0.656. The highest BCUT2D eigenvalue weighted by Crippen LogP contribution is 2.09. The maximum absolute atomic E-state index is 12.0. The third-order valence-electron chi connectivity index (χ3n) is 3.08. The van der Waals surface area contributed by atoms with Crippen molar-refractivity contribution < 1.29 is 4.79 Å². The number of rotatable bonds is 5. The Morgan fingerprint density at radius 2 is 1.76 bits per heavy atom. The minimum absolute atomic E-state index is 0.231. The number of hydrogen-bond acceptors (Lipinski definition) is 2. The third kappa shape index (κ3) is 4.72. The molecule has 0 aromatic heterocycles. The summed E-state index contributed by atoms with van der Waals surface area (Å²) >= 11 is 5.80. The van der Waals surface area contributed by atoms with Gasteiger partial charge in [0, 0.05) is 22.7 Å². The van der Waals surface area contributed by atoms with Gasteiger partial charge in [-0.3, -0.25) is 4.79 Å². The molecule has 2 rings (SSSR count). The summed E-state index contributed by atoms with van der Waals surface area (Å²) in [4.78, 5) is 12.0. The van der Waals surface area contributed by atoms with Crippen LogP contribution in [-0.4, -0.2) is 11.6 Å². The molecule has 2 aromatic carbocycles. The fourth-order valence-electron chi connectivity index (χ4n) is 1.87. The van der Waals surface area contributed by atoms with E-state index in [4.69, 9.17) is 11.6 Å². The van der Waals surface area contributed by atoms with Gasteiger partial charge in [-0.2, -0.15) is 5.10 Å². The average Bonchev–Trinajstić information content (AvgIpc) is 2.52. The van der Waals surface area contributed by atoms with Gasteiger partial charge < -0.3 is 0 Å². The van der Waals surface area contributed by atoms with Gasteiger partial charge in [0.2, 0.25) is 0 Å². The number of halogens is 1. The first kappa shape index (κ1) is 15.3. The van der Waals surface area contributed by atoms with Crippen LogP contribution < -0.4 is 5.43 Å². The molecule has 0 unspecified atom stereocenters. The van der Waals surface area contributed by atoms with Crippen molar-refractivity contribution in [2.75, 3.05) is 0 Å². The highest BCUT2D eigenvalue weighted by Gasteiger charge is 2.05. The lowest BCUT2D eigenvalue weighted by Gasteiger charge is -2.05. The van der Waals surface area contributed by atoms with Crippen LogP contribution >= 0.6 is 11.6 Å². The first-order chi connectivity index (χ1) is 10.2. The highest BCUT2D eigenvalue weighted by atomic mass is 35.5. The van der Waals surface area contributed by atoms with E-state index in [-0.39, 0.29) is 5.91 Å². The molecule has 108 valence electrons. The van der Waals surface area contributed by atoms with Crippen molar-refractivity contribution in [3.8, 4) is 0 Å². The molecule has 0 spiro atoms. The van der Waals surface area contributed by atoms with E-state index in [1.165, 1.54) is 5.56 Å². The van der Waals surface area contributed by atoms with Crippen LogP contribution in [0.5, 0.6) is 0 Å². The van der Waals surface area contributed by atoms with Gasteiger partial charge in [-0.25, -0.2) is 5.43 Å². The Labute approximate surface area is 129 Å². The number of hydrogen-bond donors (Lipinski definition) is 1. The lowest BCUT2D eigenvalue weighted by Crippen LogP contribution is -2.20. The normalized spacial score (nSPS) is 11.2. The lowest BCUT2D eigenvalue weighted by atomic mass is 10.1. The van der Waals surface area contributed by atoms with Crippen LogP contribution in [0.15, 0.2) is 59.7 Å². The molecule has 0 aliphatic heterocycles. The molecule has 0 aliphatic carbocycles. The molecule has 1 amide bonds. The standard InChI is InChI=1S/C17H17ClN2O/c1-2-16(12-13-6-4-3-5-7-13)19-20-17(21)14-8-10-15(18)11-9-14/h3-11H,2,12H2,1H3,(H,20,21)/b19-16+. The van der Waals surface area contributed by atoms with Crippen molar-refractivity contribution in [1.82, 2.24) is 5.43 Å². The Bertz CT molecular complexity index is 621. The van der Waals surface area contributed by atoms with Crippen LogP contribution in [0.3, 0.4) is 0 Å². The molecule has 0 fully saturated rings. The number of hydrazone groups is 1. The molecule has 0 saturated heterocycles. The predicted octanol–water partition coefficient (Wildman–Crippen LogP) is 4.08. The topological polar surface area (TPSA) is 41.5 Å². The second-order valence-electron chi connectivity index (χ2n) is 4.64. The van der Waals surface area contributed by atoms with E-state index in [0.29, 0.717) is 10.6 Å². The number of nitrogens with zero attached hydrogens (tertiary/aromatic N) is 1. The van der Waals surface area contributed by atoms with Crippen LogP contribution in [0, 0.1) is 0 Å². The van der Waals surface area contributed by atoms with E-state index < -0.39 is 0 Å². The van der Waals surface area contributed by atoms with Gasteiger partial charge in [-0.1, -0.05) is 48.9 Å². The minimum Gasteiger partial charge on any atom is -0.267 e. The van der Waals surface area contributed by atoms with Crippen molar-refractivity contribution in [2.45, 2.75) is 19.8 Å². The molecule has 0 heterocycles. The maximum Gasteiger partial charge on any atom is 0.271 e. The van der Waals surface area contributed by atoms with Crippen molar-refractivity contribution in [2.24, 2.45) is 5.10 Å². The van der Waals surface area contributed by atoms with E-state index in [1.807, 2.05) is 37.3 Å². The van der Waals surface area contributed by atoms with Crippen molar-refractivity contribution >= 4 is 23.2 Å². The zero-order chi connectivity index (χ0) is 15.1. The first-order valence-corrected chi connectivity index (χ1v) is 7.22. The monoisotopic (exact) mass is 300 g/mol. The second-order valence-corrected chi connectivity index (χ2v) is 5.08. The van der Waals surface area contributed by atoms with Gasteiger partial charge in [-0.15, -0.1) is 0 Å². The summed E-state index contributed by atoms with van der Waals surface area (Å²) in [6, 6.07) is 16.8. The molecular weight excluding hydrogens is 284 g/mol. The van der Waals surface area contributed by atoms with E-state index in [0.717, 1.165) is 18.6 Å². The van der Waals surface area contributed by atoms with E-state index in [1.54, 1.807) is 24.3 Å². The number of amides is 1. The number of carbonyl (C=O) groups is 1. The van der Waals surface area contributed by atoms with Gasteiger partial charge in [0.05, 0.1) is 0 Å². The molecule has 0 saturated carbocycles. The van der Waals surface area contributed by atoms with Gasteiger partial charge in [0.1, 0.15) is 0 Å². The zero-order valence-electron chi connectivity index (χ0n) is 11.8. The van der Waals surface area contributed by atoms with E-state index in [9.17, 15) is 4.79 Å². The van der Waals surface area contributed by atoms with E-state index >= 15 is 0 Å². The minimum atomic E-state index is -0.231. The van der Waals surface area contributed by atoms with Crippen LogP contribution in [-0.2, 0) is 6.42 Å². The molecule has 2 aromatic rings. The molecule has 0 radical (unpaired) electrons. The highest BCUT2D eigenvalue weighted by molar-refractivity contribution is 6.30. The van der Waals surface area contributed by atoms with E-state index in [2.05, 4.69) is 10.5 Å². The van der Waals surface area contributed by atoms with Crippen LogP contribution in [0.2, 0.25) is 5.02 Å². The SMILES string of the molecule is CC/C(Cc1ccccc1)=N\NC(=O)c1ccc(Cl)cc1. The summed E-state index contributed by atoms with van der Waals surface area (Å²) < 4.78 is 0. The molecule has 3 nitrogen and oxygen atoms in total. The maximum atomic E-state index is 12.0. The van der Waals surface area contributed by atoms with Gasteiger partial charge >= 0.3 is 0 Å².